The minimum atomic E-state index is -0.141. The molecule has 1 saturated heterocycles. The summed E-state index contributed by atoms with van der Waals surface area (Å²) in [7, 11) is 1.73. The second-order valence-electron chi connectivity index (χ2n) is 5.19. The Morgan fingerprint density at radius 1 is 1.42 bits per heavy atom. The van der Waals surface area contributed by atoms with Crippen molar-refractivity contribution in [2.24, 2.45) is 7.05 Å². The molecule has 0 radical (unpaired) electrons. The summed E-state index contributed by atoms with van der Waals surface area (Å²) in [6.07, 6.45) is 0. The summed E-state index contributed by atoms with van der Waals surface area (Å²) < 4.78 is 6.86. The number of tetrazole rings is 1. The third kappa shape index (κ3) is 4.16. The summed E-state index contributed by atoms with van der Waals surface area (Å²) in [5.74, 6) is 0.0787. The zero-order valence-corrected chi connectivity index (χ0v) is 14.7. The first-order valence-electron chi connectivity index (χ1n) is 7.41. The summed E-state index contributed by atoms with van der Waals surface area (Å²) in [5.41, 5.74) is 1.62. The predicted molar refractivity (Wildman–Crippen MR) is 92.6 cm³/mol. The molecule has 0 spiro atoms. The Kier molecular flexibility index (Phi) is 5.54. The molecule has 24 heavy (non-hydrogen) atoms. The van der Waals surface area contributed by atoms with Gasteiger partial charge in [-0.3, -0.25) is 4.79 Å². The monoisotopic (exact) mass is 368 g/mol. The molecule has 1 aliphatic heterocycles. The lowest BCUT2D eigenvalue weighted by Gasteiger charge is -2.29. The average Bonchev–Trinajstić information content (AvgIpc) is 2.99. The highest BCUT2D eigenvalue weighted by Crippen LogP contribution is 2.29. The van der Waals surface area contributed by atoms with Crippen LogP contribution in [-0.2, 0) is 16.6 Å². The predicted octanol–water partition coefficient (Wildman–Crippen LogP) is 1.43. The largest absolute Gasteiger partial charge is 0.378 e. The number of halogens is 1. The first-order valence-corrected chi connectivity index (χ1v) is 8.77. The molecule has 1 N–H and O–H groups in total. The lowest BCUT2D eigenvalue weighted by Crippen LogP contribution is -2.36. The number of aryl methyl sites for hydroxylation is 1. The average molecular weight is 369 g/mol. The quantitative estimate of drug-likeness (QED) is 0.799. The van der Waals surface area contributed by atoms with Gasteiger partial charge in [-0.1, -0.05) is 23.4 Å². The smallest absolute Gasteiger partial charge is 0.234 e. The summed E-state index contributed by atoms with van der Waals surface area (Å²) in [4.78, 5) is 14.2. The van der Waals surface area contributed by atoms with Crippen LogP contribution in [0.15, 0.2) is 23.4 Å². The molecule has 1 amide bonds. The van der Waals surface area contributed by atoms with Gasteiger partial charge >= 0.3 is 0 Å². The van der Waals surface area contributed by atoms with Gasteiger partial charge in [-0.15, -0.1) is 5.10 Å². The Labute approximate surface area is 148 Å². The van der Waals surface area contributed by atoms with E-state index in [2.05, 4.69) is 25.7 Å². The van der Waals surface area contributed by atoms with Crippen molar-refractivity contribution in [1.29, 1.82) is 0 Å². The fourth-order valence-corrected chi connectivity index (χ4v) is 3.27. The number of anilines is 2. The molecule has 0 saturated carbocycles. The van der Waals surface area contributed by atoms with Gasteiger partial charge in [0.25, 0.3) is 0 Å². The van der Waals surface area contributed by atoms with Crippen molar-refractivity contribution >= 4 is 40.6 Å². The number of benzene rings is 1. The van der Waals surface area contributed by atoms with Gasteiger partial charge in [0, 0.05) is 25.8 Å². The molecule has 8 nitrogen and oxygen atoms in total. The highest BCUT2D eigenvalue weighted by Gasteiger charge is 2.15. The molecule has 0 aliphatic carbocycles. The fourth-order valence-electron chi connectivity index (χ4n) is 2.32. The van der Waals surface area contributed by atoms with Crippen LogP contribution < -0.4 is 10.2 Å². The third-order valence-corrected chi connectivity index (χ3v) is 4.81. The maximum absolute atomic E-state index is 12.0. The Morgan fingerprint density at radius 2 is 2.21 bits per heavy atom. The van der Waals surface area contributed by atoms with Crippen LogP contribution in [0.25, 0.3) is 0 Å². The van der Waals surface area contributed by atoms with Gasteiger partial charge in [0.05, 0.1) is 29.7 Å². The Balaban J connectivity index is 1.57. The number of hydrogen-bond donors (Lipinski definition) is 1. The molecule has 0 unspecified atom stereocenters. The maximum Gasteiger partial charge on any atom is 0.234 e. The molecule has 128 valence electrons. The van der Waals surface area contributed by atoms with Crippen molar-refractivity contribution in [2.75, 3.05) is 42.3 Å². The van der Waals surface area contributed by atoms with Gasteiger partial charge in [-0.25, -0.2) is 4.68 Å². The number of morpholine rings is 1. The van der Waals surface area contributed by atoms with Gasteiger partial charge in [0.15, 0.2) is 0 Å². The summed E-state index contributed by atoms with van der Waals surface area (Å²) >= 11 is 7.63. The second-order valence-corrected chi connectivity index (χ2v) is 6.54. The van der Waals surface area contributed by atoms with Gasteiger partial charge in [0.1, 0.15) is 0 Å². The van der Waals surface area contributed by atoms with E-state index in [1.54, 1.807) is 13.1 Å². The van der Waals surface area contributed by atoms with Crippen LogP contribution in [0.4, 0.5) is 11.4 Å². The lowest BCUT2D eigenvalue weighted by molar-refractivity contribution is -0.113. The van der Waals surface area contributed by atoms with Crippen LogP contribution in [0.5, 0.6) is 0 Å². The standard InChI is InChI=1S/C14H17ClN6O2S/c1-20-14(17-18-19-20)24-9-13(22)16-10-2-3-12(11(15)8-10)21-4-6-23-7-5-21/h2-3,8H,4-7,9H2,1H3,(H,16,22). The van der Waals surface area contributed by atoms with E-state index in [0.717, 1.165) is 18.8 Å². The zero-order valence-electron chi connectivity index (χ0n) is 13.1. The topological polar surface area (TPSA) is 85.2 Å². The van der Waals surface area contributed by atoms with Crippen molar-refractivity contribution < 1.29 is 9.53 Å². The molecule has 10 heteroatoms. The maximum atomic E-state index is 12.0. The van der Waals surface area contributed by atoms with Crippen molar-refractivity contribution in [3.63, 3.8) is 0 Å². The lowest BCUT2D eigenvalue weighted by atomic mass is 10.2. The molecule has 0 atom stereocenters. The number of nitrogens with zero attached hydrogens (tertiary/aromatic N) is 5. The minimum absolute atomic E-state index is 0.141. The highest BCUT2D eigenvalue weighted by molar-refractivity contribution is 7.99. The van der Waals surface area contributed by atoms with Crippen molar-refractivity contribution in [2.45, 2.75) is 5.16 Å². The molecule has 2 heterocycles. The molecule has 2 aromatic rings. The molecule has 1 fully saturated rings. The van der Waals surface area contributed by atoms with Crippen molar-refractivity contribution in [1.82, 2.24) is 20.2 Å². The van der Waals surface area contributed by atoms with E-state index in [0.29, 0.717) is 29.1 Å². The molecule has 1 aliphatic rings. The van der Waals surface area contributed by atoms with Crippen LogP contribution in [0.2, 0.25) is 5.02 Å². The normalized spacial score (nSPS) is 14.7. The van der Waals surface area contributed by atoms with E-state index >= 15 is 0 Å². The van der Waals surface area contributed by atoms with E-state index in [4.69, 9.17) is 16.3 Å². The number of hydrogen-bond acceptors (Lipinski definition) is 7. The number of aromatic nitrogens is 4. The summed E-state index contributed by atoms with van der Waals surface area (Å²) in [6.45, 7) is 3.02. The van der Waals surface area contributed by atoms with Crippen LogP contribution in [0.1, 0.15) is 0 Å². The molecular formula is C14H17ClN6O2S. The van der Waals surface area contributed by atoms with Gasteiger partial charge in [-0.05, 0) is 28.6 Å². The molecule has 1 aromatic carbocycles. The van der Waals surface area contributed by atoms with E-state index in [1.165, 1.54) is 16.4 Å². The Bertz CT molecular complexity index is 719. The summed E-state index contributed by atoms with van der Waals surface area (Å²) in [5, 5.41) is 15.1. The van der Waals surface area contributed by atoms with Gasteiger partial charge in [-0.2, -0.15) is 0 Å². The van der Waals surface area contributed by atoms with Gasteiger partial charge in [0.2, 0.25) is 11.1 Å². The highest BCUT2D eigenvalue weighted by atomic mass is 35.5. The van der Waals surface area contributed by atoms with E-state index in [9.17, 15) is 4.79 Å². The number of rotatable bonds is 5. The van der Waals surface area contributed by atoms with Crippen molar-refractivity contribution in [3.05, 3.63) is 23.2 Å². The van der Waals surface area contributed by atoms with E-state index < -0.39 is 0 Å². The first kappa shape index (κ1) is 17.0. The number of thioether (sulfide) groups is 1. The number of ether oxygens (including phenoxy) is 1. The van der Waals surface area contributed by atoms with Crippen LogP contribution in [-0.4, -0.2) is 58.2 Å². The number of nitrogens with one attached hydrogen (secondary N) is 1. The van der Waals surface area contributed by atoms with Crippen LogP contribution in [0.3, 0.4) is 0 Å². The first-order chi connectivity index (χ1) is 11.6. The summed E-state index contributed by atoms with van der Waals surface area (Å²) in [6, 6.07) is 5.53. The Morgan fingerprint density at radius 3 is 2.88 bits per heavy atom. The Hall–Kier alpha value is -1.84. The zero-order chi connectivity index (χ0) is 16.9. The molecule has 3 rings (SSSR count). The van der Waals surface area contributed by atoms with E-state index in [1.807, 2.05) is 12.1 Å². The van der Waals surface area contributed by atoms with Crippen LogP contribution in [0, 0.1) is 0 Å². The number of amides is 1. The van der Waals surface area contributed by atoms with Crippen molar-refractivity contribution in [3.8, 4) is 0 Å². The molecular weight excluding hydrogens is 352 g/mol. The third-order valence-electron chi connectivity index (χ3n) is 3.50. The minimum Gasteiger partial charge on any atom is -0.378 e. The molecule has 1 aromatic heterocycles. The van der Waals surface area contributed by atoms with Gasteiger partial charge < -0.3 is 15.0 Å². The fraction of sp³-hybridized carbons (Fsp3) is 0.429. The second kappa shape index (κ2) is 7.82. The number of carbonyl (C=O) groups is 1. The SMILES string of the molecule is Cn1nnnc1SCC(=O)Nc1ccc(N2CCOCC2)c(Cl)c1. The van der Waals surface area contributed by atoms with E-state index in [-0.39, 0.29) is 11.7 Å². The molecule has 0 bridgehead atoms. The number of carbonyl (C=O) groups excluding carboxylic acids is 1. The van der Waals surface area contributed by atoms with Crippen LogP contribution >= 0.6 is 23.4 Å².